The molecular weight excluding hydrogens is 442 g/mol. The number of hydrogen-bond acceptors (Lipinski definition) is 5. The topological polar surface area (TPSA) is 84.3 Å². The highest BCUT2D eigenvalue weighted by Gasteiger charge is 2.49. The van der Waals surface area contributed by atoms with Crippen molar-refractivity contribution in [1.29, 1.82) is 0 Å². The minimum atomic E-state index is -4.59. The van der Waals surface area contributed by atoms with Gasteiger partial charge in [0.15, 0.2) is 0 Å². The van der Waals surface area contributed by atoms with Gasteiger partial charge in [-0.3, -0.25) is 14.8 Å². The number of aliphatic hydroxyl groups excluding tert-OH is 1. The van der Waals surface area contributed by atoms with Crippen molar-refractivity contribution < 1.29 is 32.2 Å². The third-order valence-corrected chi connectivity index (χ3v) is 5.46. The monoisotopic (exact) mass is 461 g/mol. The molecule has 1 aliphatic rings. The van der Waals surface area contributed by atoms with Gasteiger partial charge >= 0.3 is 6.18 Å². The van der Waals surface area contributed by atoms with E-state index >= 15 is 0 Å². The molecule has 3 heterocycles. The molecule has 0 radical (unpaired) electrons. The number of aromatic nitrogens is 2. The Morgan fingerprint density at radius 1 is 1.12 bits per heavy atom. The van der Waals surface area contributed by atoms with E-state index in [0.29, 0.717) is 23.1 Å². The van der Waals surface area contributed by atoms with E-state index in [1.165, 1.54) is 37.4 Å². The zero-order valence-corrected chi connectivity index (χ0v) is 17.4. The average molecular weight is 461 g/mol. The number of halogens is 4. The summed E-state index contributed by atoms with van der Waals surface area (Å²) in [4.78, 5) is 21.2. The first-order valence-corrected chi connectivity index (χ1v) is 9.97. The van der Waals surface area contributed by atoms with Gasteiger partial charge in [0.05, 0.1) is 36.3 Å². The fourth-order valence-corrected chi connectivity index (χ4v) is 3.50. The van der Waals surface area contributed by atoms with Crippen LogP contribution >= 0.6 is 0 Å². The first kappa shape index (κ1) is 22.8. The van der Waals surface area contributed by atoms with Gasteiger partial charge in [0.25, 0.3) is 0 Å². The maximum Gasteiger partial charge on any atom is 0.417 e. The maximum atomic E-state index is 13.1. The Hall–Kier alpha value is -3.37. The second-order valence-electron chi connectivity index (χ2n) is 7.80. The van der Waals surface area contributed by atoms with Crippen molar-refractivity contribution in [2.75, 3.05) is 18.5 Å². The summed E-state index contributed by atoms with van der Waals surface area (Å²) >= 11 is 0. The van der Waals surface area contributed by atoms with Gasteiger partial charge in [-0.25, -0.2) is 4.39 Å². The average Bonchev–Trinajstić information content (AvgIpc) is 2.74. The molecule has 3 aromatic rings. The molecule has 0 saturated carbocycles. The molecule has 172 valence electrons. The van der Waals surface area contributed by atoms with E-state index in [2.05, 4.69) is 15.3 Å². The lowest BCUT2D eigenvalue weighted by Gasteiger charge is -2.39. The number of rotatable bonds is 5. The van der Waals surface area contributed by atoms with Crippen LogP contribution < -0.4 is 5.32 Å². The number of hydrogen-bond donors (Lipinski definition) is 2. The molecule has 4 rings (SSSR count). The number of anilines is 1. The number of pyridine rings is 2. The number of nitrogens with one attached hydrogen (secondary N) is 1. The van der Waals surface area contributed by atoms with Crippen LogP contribution in [0.1, 0.15) is 29.8 Å². The summed E-state index contributed by atoms with van der Waals surface area (Å²) in [6.45, 7) is 1.52. The van der Waals surface area contributed by atoms with E-state index in [-0.39, 0.29) is 30.4 Å². The van der Waals surface area contributed by atoms with Crippen LogP contribution in [0.3, 0.4) is 0 Å². The standard InChI is InChI=1S/C23H19F4N3O3/c1-13(31)18-8-15(23(25,26)27)10-29-20(18)14-2-7-19(28-9-14)22(11-33-12-22)21(32)30-17-5-3-16(24)4-6-17/h2-10,13,31H,11-12H2,1H3,(H,30,32). The zero-order valence-electron chi connectivity index (χ0n) is 17.4. The summed E-state index contributed by atoms with van der Waals surface area (Å²) in [6, 6.07) is 9.34. The van der Waals surface area contributed by atoms with Crippen molar-refractivity contribution in [3.05, 3.63) is 77.5 Å². The van der Waals surface area contributed by atoms with Crippen LogP contribution in [0.2, 0.25) is 0 Å². The van der Waals surface area contributed by atoms with Crippen LogP contribution in [-0.2, 0) is 21.1 Å². The van der Waals surface area contributed by atoms with E-state index < -0.39 is 29.1 Å². The normalized spacial score (nSPS) is 16.1. The third kappa shape index (κ3) is 4.44. The van der Waals surface area contributed by atoms with Crippen LogP contribution in [0.25, 0.3) is 11.3 Å². The minimum Gasteiger partial charge on any atom is -0.389 e. The molecule has 0 bridgehead atoms. The molecule has 1 unspecified atom stereocenters. The Morgan fingerprint density at radius 3 is 2.33 bits per heavy atom. The van der Waals surface area contributed by atoms with Gasteiger partial charge in [-0.15, -0.1) is 0 Å². The second kappa shape index (κ2) is 8.53. The molecule has 1 aliphatic heterocycles. The van der Waals surface area contributed by atoms with E-state index in [9.17, 15) is 27.5 Å². The Morgan fingerprint density at radius 2 is 1.82 bits per heavy atom. The first-order valence-electron chi connectivity index (χ1n) is 9.97. The molecule has 1 saturated heterocycles. The van der Waals surface area contributed by atoms with Crippen LogP contribution in [0, 0.1) is 5.82 Å². The number of amides is 1. The number of alkyl halides is 3. The fraction of sp³-hybridized carbons (Fsp3) is 0.261. The van der Waals surface area contributed by atoms with Gasteiger partial charge < -0.3 is 15.2 Å². The third-order valence-electron chi connectivity index (χ3n) is 5.46. The number of carbonyl (C=O) groups is 1. The van der Waals surface area contributed by atoms with Gasteiger partial charge in [0, 0.05) is 29.2 Å². The molecule has 10 heteroatoms. The van der Waals surface area contributed by atoms with Crippen LogP contribution in [0.5, 0.6) is 0 Å². The highest BCUT2D eigenvalue weighted by Crippen LogP contribution is 2.36. The first-order chi connectivity index (χ1) is 15.6. The lowest BCUT2D eigenvalue weighted by atomic mass is 9.80. The van der Waals surface area contributed by atoms with Crippen molar-refractivity contribution in [3.63, 3.8) is 0 Å². The maximum absolute atomic E-state index is 13.1. The highest BCUT2D eigenvalue weighted by molar-refractivity contribution is 5.99. The zero-order chi connectivity index (χ0) is 23.8. The number of nitrogens with zero attached hydrogens (tertiary/aromatic N) is 2. The molecule has 1 amide bonds. The van der Waals surface area contributed by atoms with Crippen molar-refractivity contribution in [2.45, 2.75) is 24.6 Å². The Labute approximate surface area is 186 Å². The predicted octanol–water partition coefficient (Wildman–Crippen LogP) is 4.26. The van der Waals surface area contributed by atoms with E-state index in [1.54, 1.807) is 12.1 Å². The van der Waals surface area contributed by atoms with E-state index in [0.717, 1.165) is 6.07 Å². The molecule has 1 fully saturated rings. The molecule has 6 nitrogen and oxygen atoms in total. The number of aliphatic hydroxyl groups is 1. The molecule has 1 aromatic carbocycles. The Kier molecular flexibility index (Phi) is 5.89. The van der Waals surface area contributed by atoms with Crippen LogP contribution in [0.4, 0.5) is 23.2 Å². The quantitative estimate of drug-likeness (QED) is 0.555. The summed E-state index contributed by atoms with van der Waals surface area (Å²) in [5.74, 6) is -0.807. The van der Waals surface area contributed by atoms with E-state index in [1.807, 2.05) is 0 Å². The SMILES string of the molecule is CC(O)c1cc(C(F)(F)F)cnc1-c1ccc(C2(C(=O)Nc3ccc(F)cc3)COC2)nc1. The molecule has 0 spiro atoms. The second-order valence-corrected chi connectivity index (χ2v) is 7.80. The van der Waals surface area contributed by atoms with Crippen molar-refractivity contribution in [3.8, 4) is 11.3 Å². The highest BCUT2D eigenvalue weighted by atomic mass is 19.4. The summed E-state index contributed by atoms with van der Waals surface area (Å²) in [5.41, 5.74) is -0.648. The van der Waals surface area contributed by atoms with Crippen LogP contribution in [-0.4, -0.2) is 34.2 Å². The summed E-state index contributed by atoms with van der Waals surface area (Å²) in [5, 5.41) is 12.7. The van der Waals surface area contributed by atoms with Crippen molar-refractivity contribution >= 4 is 11.6 Å². The Bertz CT molecular complexity index is 1160. The van der Waals surface area contributed by atoms with Gasteiger partial charge in [-0.1, -0.05) is 0 Å². The number of benzene rings is 1. The Balaban J connectivity index is 1.62. The predicted molar refractivity (Wildman–Crippen MR) is 111 cm³/mol. The molecule has 2 aromatic heterocycles. The van der Waals surface area contributed by atoms with Crippen molar-refractivity contribution in [1.82, 2.24) is 9.97 Å². The summed E-state index contributed by atoms with van der Waals surface area (Å²) in [6.07, 6.45) is -3.69. The smallest absolute Gasteiger partial charge is 0.389 e. The van der Waals surface area contributed by atoms with Gasteiger partial charge in [0.2, 0.25) is 5.91 Å². The molecule has 1 atom stereocenters. The van der Waals surface area contributed by atoms with E-state index in [4.69, 9.17) is 4.74 Å². The fourth-order valence-electron chi connectivity index (χ4n) is 3.50. The lowest BCUT2D eigenvalue weighted by molar-refractivity contribution is -0.140. The van der Waals surface area contributed by atoms with Crippen molar-refractivity contribution in [2.24, 2.45) is 0 Å². The summed E-state index contributed by atoms with van der Waals surface area (Å²) in [7, 11) is 0. The molecule has 2 N–H and O–H groups in total. The summed E-state index contributed by atoms with van der Waals surface area (Å²) < 4.78 is 57.5. The number of ether oxygens (including phenoxy) is 1. The van der Waals surface area contributed by atoms with Gasteiger partial charge in [0.1, 0.15) is 11.2 Å². The molecular formula is C23H19F4N3O3. The minimum absolute atomic E-state index is 0.00937. The molecule has 33 heavy (non-hydrogen) atoms. The molecule has 0 aliphatic carbocycles. The van der Waals surface area contributed by atoms with Crippen LogP contribution in [0.15, 0.2) is 54.9 Å². The lowest BCUT2D eigenvalue weighted by Crippen LogP contribution is -2.56. The largest absolute Gasteiger partial charge is 0.417 e. The number of carbonyl (C=O) groups excluding carboxylic acids is 1. The van der Waals surface area contributed by atoms with Gasteiger partial charge in [-0.2, -0.15) is 13.2 Å². The van der Waals surface area contributed by atoms with Gasteiger partial charge in [-0.05, 0) is 49.4 Å².